The zero-order chi connectivity index (χ0) is 15.5. The second kappa shape index (κ2) is 6.51. The van der Waals surface area contributed by atoms with E-state index in [1.54, 1.807) is 12.3 Å². The Morgan fingerprint density at radius 2 is 1.95 bits per heavy atom. The lowest BCUT2D eigenvalue weighted by Gasteiger charge is -2.01. The fraction of sp³-hybridized carbons (Fsp3) is 0.0556. The molecule has 3 rings (SSSR count). The number of hydrogen-bond donors (Lipinski definition) is 0. The normalized spacial score (nSPS) is 11.2. The molecule has 0 unspecified atom stereocenters. The van der Waals surface area contributed by atoms with Gasteiger partial charge in [-0.2, -0.15) is 0 Å². The van der Waals surface area contributed by atoms with Crippen molar-refractivity contribution in [1.82, 2.24) is 0 Å². The molecule has 0 atom stereocenters. The lowest BCUT2D eigenvalue weighted by atomic mass is 10.1. The summed E-state index contributed by atoms with van der Waals surface area (Å²) in [5.74, 6) is 1.50. The van der Waals surface area contributed by atoms with Gasteiger partial charge in [0.1, 0.15) is 11.5 Å². The van der Waals surface area contributed by atoms with Gasteiger partial charge in [-0.15, -0.1) is 0 Å². The fourth-order valence-corrected chi connectivity index (χ4v) is 2.95. The van der Waals surface area contributed by atoms with E-state index >= 15 is 0 Å². The highest BCUT2D eigenvalue weighted by Crippen LogP contribution is 2.30. The van der Waals surface area contributed by atoms with Crippen molar-refractivity contribution in [3.05, 3.63) is 75.4 Å². The number of aliphatic imine (C=N–C) groups is 1. The summed E-state index contributed by atoms with van der Waals surface area (Å²) < 4.78 is 6.84. The lowest BCUT2D eigenvalue weighted by molar-refractivity contribution is 0.575. The van der Waals surface area contributed by atoms with Crippen molar-refractivity contribution in [3.8, 4) is 11.3 Å². The van der Waals surface area contributed by atoms with Crippen LogP contribution in [0.3, 0.4) is 0 Å². The molecular formula is C18H13BrClNO. The Kier molecular flexibility index (Phi) is 4.46. The molecule has 0 spiro atoms. The summed E-state index contributed by atoms with van der Waals surface area (Å²) in [7, 11) is 0. The van der Waals surface area contributed by atoms with E-state index in [1.165, 1.54) is 5.56 Å². The minimum Gasteiger partial charge on any atom is -0.455 e. The number of rotatable bonds is 3. The molecule has 0 saturated heterocycles. The van der Waals surface area contributed by atoms with Gasteiger partial charge in [0.2, 0.25) is 0 Å². The van der Waals surface area contributed by atoms with Crippen LogP contribution < -0.4 is 0 Å². The van der Waals surface area contributed by atoms with Crippen molar-refractivity contribution in [1.29, 1.82) is 0 Å². The second-order valence-corrected chi connectivity index (χ2v) is 6.21. The SMILES string of the molecule is Cc1ccc(-c2ccc(C=Nc3cccc(Cl)c3)o2)c(Br)c1. The van der Waals surface area contributed by atoms with Crippen molar-refractivity contribution in [2.75, 3.05) is 0 Å². The minimum atomic E-state index is 0.665. The monoisotopic (exact) mass is 373 g/mol. The molecule has 0 saturated carbocycles. The summed E-state index contributed by atoms with van der Waals surface area (Å²) in [6.45, 7) is 2.06. The number of halogens is 2. The van der Waals surface area contributed by atoms with Crippen LogP contribution in [0.1, 0.15) is 11.3 Å². The van der Waals surface area contributed by atoms with Crippen molar-refractivity contribution >= 4 is 39.4 Å². The summed E-state index contributed by atoms with van der Waals surface area (Å²) in [5.41, 5.74) is 3.01. The fourth-order valence-electron chi connectivity index (χ4n) is 2.08. The zero-order valence-corrected chi connectivity index (χ0v) is 14.2. The van der Waals surface area contributed by atoms with Crippen molar-refractivity contribution in [3.63, 3.8) is 0 Å². The Hall–Kier alpha value is -1.84. The van der Waals surface area contributed by atoms with Gasteiger partial charge in [-0.05, 0) is 55.0 Å². The predicted molar refractivity (Wildman–Crippen MR) is 95.3 cm³/mol. The van der Waals surface area contributed by atoms with Crippen LogP contribution in [0, 0.1) is 6.92 Å². The summed E-state index contributed by atoms with van der Waals surface area (Å²) in [6, 6.07) is 17.4. The Balaban J connectivity index is 1.85. The lowest BCUT2D eigenvalue weighted by Crippen LogP contribution is -1.79. The molecule has 2 aromatic carbocycles. The Morgan fingerprint density at radius 3 is 2.73 bits per heavy atom. The van der Waals surface area contributed by atoms with Crippen LogP contribution in [0.25, 0.3) is 11.3 Å². The van der Waals surface area contributed by atoms with E-state index in [0.29, 0.717) is 10.8 Å². The van der Waals surface area contributed by atoms with Crippen LogP contribution in [0.15, 0.2) is 68.5 Å². The Morgan fingerprint density at radius 1 is 1.09 bits per heavy atom. The summed E-state index contributed by atoms with van der Waals surface area (Å²) >= 11 is 9.51. The number of aryl methyl sites for hydroxylation is 1. The summed E-state index contributed by atoms with van der Waals surface area (Å²) in [5, 5.41) is 0.665. The molecular weight excluding hydrogens is 362 g/mol. The number of benzene rings is 2. The third-order valence-corrected chi connectivity index (χ3v) is 4.06. The first-order valence-corrected chi connectivity index (χ1v) is 7.95. The first-order chi connectivity index (χ1) is 10.6. The van der Waals surface area contributed by atoms with E-state index in [0.717, 1.165) is 21.5 Å². The van der Waals surface area contributed by atoms with E-state index in [-0.39, 0.29) is 0 Å². The van der Waals surface area contributed by atoms with Crippen LogP contribution in [-0.2, 0) is 0 Å². The van der Waals surface area contributed by atoms with Crippen molar-refractivity contribution in [2.45, 2.75) is 6.92 Å². The molecule has 2 nitrogen and oxygen atoms in total. The quantitative estimate of drug-likeness (QED) is 0.485. The van der Waals surface area contributed by atoms with Gasteiger partial charge in [0.15, 0.2) is 0 Å². The van der Waals surface area contributed by atoms with Gasteiger partial charge in [0.05, 0.1) is 11.9 Å². The maximum Gasteiger partial charge on any atom is 0.145 e. The zero-order valence-electron chi connectivity index (χ0n) is 11.9. The third kappa shape index (κ3) is 3.49. The van der Waals surface area contributed by atoms with Gasteiger partial charge in [0, 0.05) is 15.1 Å². The molecule has 1 heterocycles. The van der Waals surface area contributed by atoms with E-state index < -0.39 is 0 Å². The number of nitrogens with zero attached hydrogens (tertiary/aromatic N) is 1. The summed E-state index contributed by atoms with van der Waals surface area (Å²) in [6.07, 6.45) is 1.69. The second-order valence-electron chi connectivity index (χ2n) is 4.92. The van der Waals surface area contributed by atoms with Gasteiger partial charge in [-0.3, -0.25) is 4.99 Å². The van der Waals surface area contributed by atoms with Crippen molar-refractivity contribution < 1.29 is 4.42 Å². The molecule has 22 heavy (non-hydrogen) atoms. The highest BCUT2D eigenvalue weighted by molar-refractivity contribution is 9.10. The van der Waals surface area contributed by atoms with E-state index in [9.17, 15) is 0 Å². The molecule has 4 heteroatoms. The molecule has 0 amide bonds. The van der Waals surface area contributed by atoms with E-state index in [4.69, 9.17) is 16.0 Å². The number of hydrogen-bond acceptors (Lipinski definition) is 2. The predicted octanol–water partition coefficient (Wildman–Crippen LogP) is 6.42. The molecule has 3 aromatic rings. The topological polar surface area (TPSA) is 25.5 Å². The average Bonchev–Trinajstić information content (AvgIpc) is 2.94. The van der Waals surface area contributed by atoms with Gasteiger partial charge in [-0.1, -0.05) is 39.7 Å². The third-order valence-electron chi connectivity index (χ3n) is 3.17. The van der Waals surface area contributed by atoms with Gasteiger partial charge in [-0.25, -0.2) is 0 Å². The minimum absolute atomic E-state index is 0.665. The van der Waals surface area contributed by atoms with E-state index in [1.807, 2.05) is 36.4 Å². The molecule has 0 radical (unpaired) electrons. The molecule has 0 fully saturated rings. The first-order valence-electron chi connectivity index (χ1n) is 6.78. The van der Waals surface area contributed by atoms with Crippen molar-refractivity contribution in [2.24, 2.45) is 4.99 Å². The molecule has 0 aliphatic rings. The molecule has 0 aliphatic carbocycles. The van der Waals surface area contributed by atoms with Crippen LogP contribution in [0.5, 0.6) is 0 Å². The molecule has 1 aromatic heterocycles. The standard InChI is InChI=1S/C18H13BrClNO/c1-12-5-7-16(17(19)9-12)18-8-6-15(22-18)11-21-14-4-2-3-13(20)10-14/h2-11H,1H3. The Labute approximate surface area is 142 Å². The van der Waals surface area contributed by atoms with Crippen LogP contribution in [0.2, 0.25) is 5.02 Å². The smallest absolute Gasteiger partial charge is 0.145 e. The maximum atomic E-state index is 5.94. The average molecular weight is 375 g/mol. The highest BCUT2D eigenvalue weighted by atomic mass is 79.9. The Bertz CT molecular complexity index is 839. The molecule has 0 aliphatic heterocycles. The molecule has 0 N–H and O–H groups in total. The maximum absolute atomic E-state index is 5.94. The molecule has 110 valence electrons. The number of furan rings is 1. The van der Waals surface area contributed by atoms with Gasteiger partial charge < -0.3 is 4.42 Å². The van der Waals surface area contributed by atoms with Crippen LogP contribution in [-0.4, -0.2) is 6.21 Å². The van der Waals surface area contributed by atoms with E-state index in [2.05, 4.69) is 40.0 Å². The molecule has 0 bridgehead atoms. The largest absolute Gasteiger partial charge is 0.455 e. The highest BCUT2D eigenvalue weighted by Gasteiger charge is 2.07. The van der Waals surface area contributed by atoms with Crippen LogP contribution >= 0.6 is 27.5 Å². The first kappa shape index (κ1) is 15.1. The van der Waals surface area contributed by atoms with Gasteiger partial charge in [0.25, 0.3) is 0 Å². The summed E-state index contributed by atoms with van der Waals surface area (Å²) in [4.78, 5) is 4.37. The van der Waals surface area contributed by atoms with Crippen LogP contribution in [0.4, 0.5) is 5.69 Å². The van der Waals surface area contributed by atoms with Gasteiger partial charge >= 0.3 is 0 Å².